The molecule has 1 aliphatic heterocycles. The molecule has 0 saturated carbocycles. The number of hydrogen-bond acceptors (Lipinski definition) is 4. The van der Waals surface area contributed by atoms with Crippen LogP contribution in [0.4, 0.5) is 19.1 Å². The van der Waals surface area contributed by atoms with E-state index in [2.05, 4.69) is 30.8 Å². The Morgan fingerprint density at radius 3 is 2.92 bits per heavy atom. The molecule has 25 heavy (non-hydrogen) atoms. The van der Waals surface area contributed by atoms with Crippen LogP contribution in [0, 0.1) is 0 Å². The van der Waals surface area contributed by atoms with Gasteiger partial charge >= 0.3 is 6.18 Å². The first kappa shape index (κ1) is 15.6. The van der Waals surface area contributed by atoms with Gasteiger partial charge in [0.25, 0.3) is 5.91 Å². The van der Waals surface area contributed by atoms with Gasteiger partial charge in [-0.3, -0.25) is 15.2 Å². The number of nitrogens with one attached hydrogen (secondary N) is 4. The van der Waals surface area contributed by atoms with Crippen LogP contribution < -0.4 is 10.6 Å². The van der Waals surface area contributed by atoms with Gasteiger partial charge < -0.3 is 10.3 Å². The van der Waals surface area contributed by atoms with Gasteiger partial charge in [0.1, 0.15) is 0 Å². The molecule has 0 unspecified atom stereocenters. The molecule has 1 aromatic carbocycles. The van der Waals surface area contributed by atoms with Gasteiger partial charge in [-0.15, -0.1) is 0 Å². The summed E-state index contributed by atoms with van der Waals surface area (Å²) in [4.78, 5) is 19.2. The number of fused-ring (bicyclic) bond motifs is 2. The number of carbonyl (C=O) groups excluding carboxylic acids is 1. The van der Waals surface area contributed by atoms with Crippen LogP contribution in [0.25, 0.3) is 11.0 Å². The van der Waals surface area contributed by atoms with E-state index in [9.17, 15) is 18.0 Å². The fourth-order valence-corrected chi connectivity index (χ4v) is 2.82. The monoisotopic (exact) mass is 350 g/mol. The third-order valence-electron chi connectivity index (χ3n) is 4.06. The Bertz CT molecular complexity index is 958. The molecule has 1 aliphatic rings. The molecule has 7 nitrogen and oxygen atoms in total. The number of H-pyrrole nitrogens is 2. The van der Waals surface area contributed by atoms with Gasteiger partial charge in [-0.1, -0.05) is 0 Å². The highest BCUT2D eigenvalue weighted by molar-refractivity contribution is 6.03. The SMILES string of the molecule is O=C(Nc1nc2ccc(C(F)(F)F)cc2[nH]1)c1n[nH]c2c1CNCC2. The molecule has 4 N–H and O–H groups in total. The fraction of sp³-hybridized carbons (Fsp3) is 0.267. The van der Waals surface area contributed by atoms with E-state index < -0.39 is 17.6 Å². The predicted molar refractivity (Wildman–Crippen MR) is 83.0 cm³/mol. The Labute approximate surface area is 139 Å². The van der Waals surface area contributed by atoms with E-state index in [0.717, 1.165) is 36.4 Å². The maximum absolute atomic E-state index is 12.8. The topological polar surface area (TPSA) is 98.5 Å². The number of aromatic amines is 2. The van der Waals surface area contributed by atoms with Crippen LogP contribution in [0.3, 0.4) is 0 Å². The second-order valence-electron chi connectivity index (χ2n) is 5.73. The number of aromatic nitrogens is 4. The first-order valence-corrected chi connectivity index (χ1v) is 7.57. The minimum atomic E-state index is -4.44. The van der Waals surface area contributed by atoms with E-state index in [1.54, 1.807) is 0 Å². The number of hydrogen-bond donors (Lipinski definition) is 4. The lowest BCUT2D eigenvalue weighted by Crippen LogP contribution is -2.25. The molecule has 1 amide bonds. The zero-order valence-electron chi connectivity index (χ0n) is 12.8. The summed E-state index contributed by atoms with van der Waals surface area (Å²) in [5.74, 6) is -0.406. The molecule has 3 aromatic rings. The quantitative estimate of drug-likeness (QED) is 0.569. The van der Waals surface area contributed by atoms with E-state index in [-0.39, 0.29) is 17.2 Å². The Morgan fingerprint density at radius 1 is 1.28 bits per heavy atom. The molecular formula is C15H13F3N6O. The van der Waals surface area contributed by atoms with Crippen LogP contribution in [-0.2, 0) is 19.1 Å². The second-order valence-corrected chi connectivity index (χ2v) is 5.73. The maximum atomic E-state index is 12.8. The molecule has 3 heterocycles. The zero-order chi connectivity index (χ0) is 17.6. The zero-order valence-corrected chi connectivity index (χ0v) is 12.8. The largest absolute Gasteiger partial charge is 0.416 e. The van der Waals surface area contributed by atoms with E-state index >= 15 is 0 Å². The lowest BCUT2D eigenvalue weighted by atomic mass is 10.1. The number of benzene rings is 1. The Hall–Kier alpha value is -2.88. The van der Waals surface area contributed by atoms with Crippen molar-refractivity contribution in [2.45, 2.75) is 19.1 Å². The molecule has 0 fully saturated rings. The number of nitrogens with zero attached hydrogens (tertiary/aromatic N) is 2. The highest BCUT2D eigenvalue weighted by Crippen LogP contribution is 2.31. The molecule has 10 heteroatoms. The molecular weight excluding hydrogens is 337 g/mol. The first-order chi connectivity index (χ1) is 11.9. The Morgan fingerprint density at radius 2 is 2.12 bits per heavy atom. The van der Waals surface area contributed by atoms with Gasteiger partial charge in [0.2, 0.25) is 5.95 Å². The van der Waals surface area contributed by atoms with Crippen molar-refractivity contribution in [1.29, 1.82) is 0 Å². The number of carbonyl (C=O) groups is 1. The molecule has 0 radical (unpaired) electrons. The highest BCUT2D eigenvalue weighted by Gasteiger charge is 2.31. The highest BCUT2D eigenvalue weighted by atomic mass is 19.4. The standard InChI is InChI=1S/C15H13F3N6O/c16-15(17,18)7-1-2-10-11(5-7)21-14(20-10)22-13(25)12-8-6-19-4-3-9(8)23-24-12/h1-2,5,19H,3-4,6H2,(H,23,24)(H2,20,21,22,25). The average molecular weight is 350 g/mol. The van der Waals surface area contributed by atoms with E-state index in [1.807, 2.05) is 0 Å². The molecule has 0 saturated heterocycles. The van der Waals surface area contributed by atoms with E-state index in [1.165, 1.54) is 6.07 Å². The van der Waals surface area contributed by atoms with Gasteiger partial charge in [-0.2, -0.15) is 18.3 Å². The molecule has 4 rings (SSSR count). The minimum absolute atomic E-state index is 0.0693. The van der Waals surface area contributed by atoms with Gasteiger partial charge in [0.05, 0.1) is 16.6 Å². The number of halogens is 3. The number of rotatable bonds is 2. The van der Waals surface area contributed by atoms with Gasteiger partial charge in [0, 0.05) is 30.8 Å². The Balaban J connectivity index is 1.60. The lowest BCUT2D eigenvalue weighted by molar-refractivity contribution is -0.137. The third kappa shape index (κ3) is 2.84. The van der Waals surface area contributed by atoms with E-state index in [0.29, 0.717) is 12.1 Å². The van der Waals surface area contributed by atoms with Crippen LogP contribution >= 0.6 is 0 Å². The smallest absolute Gasteiger partial charge is 0.324 e. The van der Waals surface area contributed by atoms with Crippen molar-refractivity contribution in [2.24, 2.45) is 0 Å². The summed E-state index contributed by atoms with van der Waals surface area (Å²) in [6, 6.07) is 3.16. The summed E-state index contributed by atoms with van der Waals surface area (Å²) in [6.07, 6.45) is -3.69. The predicted octanol–water partition coefficient (Wildman–Crippen LogP) is 2.20. The maximum Gasteiger partial charge on any atom is 0.416 e. The number of anilines is 1. The van der Waals surface area contributed by atoms with Crippen LogP contribution in [-0.4, -0.2) is 32.6 Å². The van der Waals surface area contributed by atoms with E-state index in [4.69, 9.17) is 0 Å². The third-order valence-corrected chi connectivity index (χ3v) is 4.06. The van der Waals surface area contributed by atoms with Crippen molar-refractivity contribution < 1.29 is 18.0 Å². The van der Waals surface area contributed by atoms with Crippen LogP contribution in [0.2, 0.25) is 0 Å². The van der Waals surface area contributed by atoms with Crippen LogP contribution in [0.1, 0.15) is 27.3 Å². The number of imidazole rings is 1. The van der Waals surface area contributed by atoms with Crippen molar-refractivity contribution in [3.05, 3.63) is 40.7 Å². The summed E-state index contributed by atoms with van der Waals surface area (Å²) in [6.45, 7) is 1.34. The summed E-state index contributed by atoms with van der Waals surface area (Å²) >= 11 is 0. The van der Waals surface area contributed by atoms with Crippen LogP contribution in [0.15, 0.2) is 18.2 Å². The summed E-state index contributed by atoms with van der Waals surface area (Å²) < 4.78 is 38.3. The van der Waals surface area contributed by atoms with Gasteiger partial charge in [0.15, 0.2) is 5.69 Å². The van der Waals surface area contributed by atoms with Gasteiger partial charge in [-0.25, -0.2) is 4.98 Å². The molecule has 0 spiro atoms. The lowest BCUT2D eigenvalue weighted by Gasteiger charge is -2.12. The van der Waals surface area contributed by atoms with Crippen LogP contribution in [0.5, 0.6) is 0 Å². The van der Waals surface area contributed by atoms with Gasteiger partial charge in [-0.05, 0) is 18.2 Å². The summed E-state index contributed by atoms with van der Waals surface area (Å²) in [5, 5.41) is 12.6. The number of amides is 1. The molecule has 0 aliphatic carbocycles. The molecule has 0 bridgehead atoms. The van der Waals surface area contributed by atoms with Crippen molar-refractivity contribution in [3.63, 3.8) is 0 Å². The second kappa shape index (κ2) is 5.59. The van der Waals surface area contributed by atoms with Crippen molar-refractivity contribution in [1.82, 2.24) is 25.5 Å². The first-order valence-electron chi connectivity index (χ1n) is 7.57. The fourth-order valence-electron chi connectivity index (χ4n) is 2.82. The minimum Gasteiger partial charge on any atom is -0.324 e. The molecule has 0 atom stereocenters. The summed E-state index contributed by atoms with van der Waals surface area (Å²) in [5.41, 5.74) is 1.68. The normalized spacial score (nSPS) is 14.5. The molecule has 130 valence electrons. The van der Waals surface area contributed by atoms with Crippen molar-refractivity contribution >= 4 is 22.9 Å². The van der Waals surface area contributed by atoms with Crippen molar-refractivity contribution in [3.8, 4) is 0 Å². The number of alkyl halides is 3. The molecule has 2 aromatic heterocycles. The Kier molecular flexibility index (Phi) is 3.49. The van der Waals surface area contributed by atoms with Crippen molar-refractivity contribution in [2.75, 3.05) is 11.9 Å². The average Bonchev–Trinajstić information content (AvgIpc) is 3.16. The summed E-state index contributed by atoms with van der Waals surface area (Å²) in [7, 11) is 0.